The van der Waals surface area contributed by atoms with Gasteiger partial charge < -0.3 is 10.0 Å². The third-order valence-electron chi connectivity index (χ3n) is 3.08. The van der Waals surface area contributed by atoms with Crippen LogP contribution in [-0.2, 0) is 4.79 Å². The number of anilines is 1. The Morgan fingerprint density at radius 2 is 1.71 bits per heavy atom. The standard InChI is InChI=1S/C17H21NO3/c1-12(5-10-16(19)20)11-13(2)17(21)14-6-8-15(9-7-14)18(3)4/h5-11,13H,1-4H3,(H,19,20). The molecule has 0 aliphatic carbocycles. The molecule has 0 fully saturated rings. The monoisotopic (exact) mass is 287 g/mol. The normalized spacial score (nSPS) is 13.2. The van der Waals surface area contributed by atoms with Crippen LogP contribution in [0.25, 0.3) is 0 Å². The smallest absolute Gasteiger partial charge is 0.328 e. The van der Waals surface area contributed by atoms with Gasteiger partial charge in [0, 0.05) is 37.3 Å². The topological polar surface area (TPSA) is 57.6 Å². The first-order chi connectivity index (χ1) is 9.81. The van der Waals surface area contributed by atoms with Crippen molar-refractivity contribution in [1.82, 2.24) is 0 Å². The van der Waals surface area contributed by atoms with Crippen molar-refractivity contribution in [2.24, 2.45) is 5.92 Å². The lowest BCUT2D eigenvalue weighted by Crippen LogP contribution is -2.11. The molecule has 0 aromatic heterocycles. The Balaban J connectivity index is 2.82. The molecular formula is C17H21NO3. The third-order valence-corrected chi connectivity index (χ3v) is 3.08. The highest BCUT2D eigenvalue weighted by atomic mass is 16.4. The van der Waals surface area contributed by atoms with Gasteiger partial charge in [0.15, 0.2) is 5.78 Å². The fourth-order valence-corrected chi connectivity index (χ4v) is 1.92. The summed E-state index contributed by atoms with van der Waals surface area (Å²) in [6, 6.07) is 7.43. The van der Waals surface area contributed by atoms with Crippen molar-refractivity contribution in [3.05, 3.63) is 53.6 Å². The van der Waals surface area contributed by atoms with Gasteiger partial charge in [0.2, 0.25) is 0 Å². The molecule has 0 saturated heterocycles. The van der Waals surface area contributed by atoms with Crippen molar-refractivity contribution in [2.75, 3.05) is 19.0 Å². The second-order valence-electron chi connectivity index (χ2n) is 5.18. The lowest BCUT2D eigenvalue weighted by atomic mass is 9.97. The fraction of sp³-hybridized carbons (Fsp3) is 0.294. The first kappa shape index (κ1) is 16.7. The maximum absolute atomic E-state index is 12.3. The lowest BCUT2D eigenvalue weighted by molar-refractivity contribution is -0.131. The molecule has 112 valence electrons. The number of allylic oxidation sites excluding steroid dienone is 3. The van der Waals surface area contributed by atoms with Crippen LogP contribution < -0.4 is 4.90 Å². The van der Waals surface area contributed by atoms with E-state index in [-0.39, 0.29) is 11.7 Å². The van der Waals surface area contributed by atoms with Crippen molar-refractivity contribution in [1.29, 1.82) is 0 Å². The highest BCUT2D eigenvalue weighted by molar-refractivity contribution is 5.99. The van der Waals surface area contributed by atoms with Gasteiger partial charge in [-0.2, -0.15) is 0 Å². The molecule has 4 heteroatoms. The van der Waals surface area contributed by atoms with Crippen LogP contribution in [0.2, 0.25) is 0 Å². The molecule has 0 saturated carbocycles. The van der Waals surface area contributed by atoms with Gasteiger partial charge in [-0.1, -0.05) is 24.6 Å². The van der Waals surface area contributed by atoms with Gasteiger partial charge in [0.25, 0.3) is 0 Å². The Morgan fingerprint density at radius 3 is 2.19 bits per heavy atom. The van der Waals surface area contributed by atoms with Crippen LogP contribution in [0.4, 0.5) is 5.69 Å². The molecule has 0 aliphatic heterocycles. The molecule has 1 rings (SSSR count). The van der Waals surface area contributed by atoms with Gasteiger partial charge in [-0.15, -0.1) is 0 Å². The first-order valence-corrected chi connectivity index (χ1v) is 6.72. The highest BCUT2D eigenvalue weighted by Gasteiger charge is 2.13. The number of ketones is 1. The van der Waals surface area contributed by atoms with Crippen molar-refractivity contribution < 1.29 is 14.7 Å². The molecule has 1 aromatic carbocycles. The van der Waals surface area contributed by atoms with Crippen LogP contribution in [0.3, 0.4) is 0 Å². The zero-order valence-electron chi connectivity index (χ0n) is 12.8. The maximum atomic E-state index is 12.3. The van der Waals surface area contributed by atoms with Gasteiger partial charge in [-0.05, 0) is 31.2 Å². The number of carboxylic acids is 1. The van der Waals surface area contributed by atoms with E-state index in [0.29, 0.717) is 5.56 Å². The number of hydrogen-bond acceptors (Lipinski definition) is 3. The van der Waals surface area contributed by atoms with Crippen LogP contribution in [0.1, 0.15) is 24.2 Å². The minimum absolute atomic E-state index is 0.0170. The predicted octanol–water partition coefficient (Wildman–Crippen LogP) is 3.16. The second kappa shape index (κ2) is 7.43. The molecule has 0 bridgehead atoms. The summed E-state index contributed by atoms with van der Waals surface area (Å²) in [7, 11) is 3.89. The summed E-state index contributed by atoms with van der Waals surface area (Å²) in [5.74, 6) is -1.28. The number of carboxylic acid groups (broad SMARTS) is 1. The first-order valence-electron chi connectivity index (χ1n) is 6.72. The molecule has 1 atom stereocenters. The molecule has 0 amide bonds. The second-order valence-corrected chi connectivity index (χ2v) is 5.18. The van der Waals surface area contributed by atoms with E-state index < -0.39 is 5.97 Å². The largest absolute Gasteiger partial charge is 0.478 e. The average molecular weight is 287 g/mol. The summed E-state index contributed by atoms with van der Waals surface area (Å²) >= 11 is 0. The predicted molar refractivity (Wildman–Crippen MR) is 84.8 cm³/mol. The molecule has 0 spiro atoms. The number of hydrogen-bond donors (Lipinski definition) is 1. The Hall–Kier alpha value is -2.36. The molecule has 1 aromatic rings. The Bertz CT molecular complexity index is 568. The van der Waals surface area contributed by atoms with E-state index in [9.17, 15) is 9.59 Å². The van der Waals surface area contributed by atoms with Crippen LogP contribution in [-0.4, -0.2) is 31.0 Å². The SMILES string of the molecule is CC(C=CC(=O)O)=CC(C)C(=O)c1ccc(N(C)C)cc1. The minimum Gasteiger partial charge on any atom is -0.478 e. The lowest BCUT2D eigenvalue weighted by Gasteiger charge is -2.13. The number of Topliss-reactive ketones (excluding diaryl/α,β-unsaturated/α-hetero) is 1. The molecule has 0 heterocycles. The van der Waals surface area contributed by atoms with Gasteiger partial charge >= 0.3 is 5.97 Å². The van der Waals surface area contributed by atoms with Crippen LogP contribution in [0.15, 0.2) is 48.1 Å². The van der Waals surface area contributed by atoms with Crippen molar-refractivity contribution in [2.45, 2.75) is 13.8 Å². The van der Waals surface area contributed by atoms with Gasteiger partial charge in [-0.3, -0.25) is 4.79 Å². The summed E-state index contributed by atoms with van der Waals surface area (Å²) < 4.78 is 0. The fourth-order valence-electron chi connectivity index (χ4n) is 1.92. The molecule has 0 aliphatic rings. The van der Waals surface area contributed by atoms with Gasteiger partial charge in [0.1, 0.15) is 0 Å². The minimum atomic E-state index is -0.999. The molecule has 4 nitrogen and oxygen atoms in total. The van der Waals surface area contributed by atoms with E-state index in [0.717, 1.165) is 17.3 Å². The maximum Gasteiger partial charge on any atom is 0.328 e. The molecule has 0 radical (unpaired) electrons. The zero-order chi connectivity index (χ0) is 16.0. The van der Waals surface area contributed by atoms with Crippen LogP contribution in [0.5, 0.6) is 0 Å². The molecule has 21 heavy (non-hydrogen) atoms. The number of benzene rings is 1. The van der Waals surface area contributed by atoms with Crippen molar-refractivity contribution in [3.8, 4) is 0 Å². The summed E-state index contributed by atoms with van der Waals surface area (Å²) in [5, 5.41) is 8.57. The Morgan fingerprint density at radius 1 is 1.14 bits per heavy atom. The van der Waals surface area contributed by atoms with E-state index in [1.807, 2.05) is 43.3 Å². The number of carbonyl (C=O) groups is 2. The zero-order valence-corrected chi connectivity index (χ0v) is 12.8. The Kier molecular flexibility index (Phi) is 5.91. The van der Waals surface area contributed by atoms with E-state index >= 15 is 0 Å². The van der Waals surface area contributed by atoms with Gasteiger partial charge in [0.05, 0.1) is 0 Å². The summed E-state index contributed by atoms with van der Waals surface area (Å²) in [6.45, 7) is 3.58. The summed E-state index contributed by atoms with van der Waals surface area (Å²) in [4.78, 5) is 24.7. The van der Waals surface area contributed by atoms with Crippen molar-refractivity contribution >= 4 is 17.4 Å². The Labute approximate surface area is 125 Å². The number of nitrogens with zero attached hydrogens (tertiary/aromatic N) is 1. The van der Waals surface area contributed by atoms with Crippen molar-refractivity contribution in [3.63, 3.8) is 0 Å². The van der Waals surface area contributed by atoms with Crippen LogP contribution >= 0.6 is 0 Å². The van der Waals surface area contributed by atoms with E-state index in [1.165, 1.54) is 6.08 Å². The van der Waals surface area contributed by atoms with Gasteiger partial charge in [-0.25, -0.2) is 4.79 Å². The van der Waals surface area contributed by atoms with E-state index in [4.69, 9.17) is 5.11 Å². The quantitative estimate of drug-likeness (QED) is 0.496. The number of carbonyl (C=O) groups excluding carboxylic acids is 1. The van der Waals surface area contributed by atoms with Crippen LogP contribution in [0, 0.1) is 5.92 Å². The number of rotatable bonds is 6. The molecular weight excluding hydrogens is 266 g/mol. The molecule has 1 N–H and O–H groups in total. The van der Waals surface area contributed by atoms with E-state index in [1.54, 1.807) is 19.9 Å². The summed E-state index contributed by atoms with van der Waals surface area (Å²) in [5.41, 5.74) is 2.44. The third kappa shape index (κ3) is 5.26. The highest BCUT2D eigenvalue weighted by Crippen LogP contribution is 2.16. The summed E-state index contributed by atoms with van der Waals surface area (Å²) in [6.07, 6.45) is 4.32. The average Bonchev–Trinajstić information content (AvgIpc) is 2.44. The van der Waals surface area contributed by atoms with E-state index in [2.05, 4.69) is 0 Å². The number of aliphatic carboxylic acids is 1. The molecule has 1 unspecified atom stereocenters.